The van der Waals surface area contributed by atoms with Gasteiger partial charge in [-0.1, -0.05) is 35.0 Å². The zero-order valence-electron chi connectivity index (χ0n) is 10.7. The number of aryl methyl sites for hydroxylation is 1. The van der Waals surface area contributed by atoms with E-state index < -0.39 is 0 Å². The van der Waals surface area contributed by atoms with Crippen LogP contribution in [0.4, 0.5) is 0 Å². The Morgan fingerprint density at radius 2 is 2.00 bits per heavy atom. The highest BCUT2D eigenvalue weighted by atomic mass is 79.9. The number of rotatable bonds is 6. The predicted octanol–water partition coefficient (Wildman–Crippen LogP) is 2.93. The number of benzene rings is 1. The Balaban J connectivity index is 3.07. The fourth-order valence-corrected chi connectivity index (χ4v) is 1.88. The maximum absolute atomic E-state index is 11.8. The molecule has 0 fully saturated rings. The van der Waals surface area contributed by atoms with Gasteiger partial charge >= 0.3 is 5.97 Å². The average Bonchev–Trinajstić information content (AvgIpc) is 2.38. The molecule has 0 atom stereocenters. The normalized spacial score (nSPS) is 10.2. The van der Waals surface area contributed by atoms with Crippen molar-refractivity contribution in [1.82, 2.24) is 0 Å². The summed E-state index contributed by atoms with van der Waals surface area (Å²) in [4.78, 5) is 23.3. The van der Waals surface area contributed by atoms with E-state index in [0.29, 0.717) is 17.5 Å². The number of alkyl halides is 1. The number of halogens is 1. The van der Waals surface area contributed by atoms with Crippen LogP contribution in [0.2, 0.25) is 0 Å². The van der Waals surface area contributed by atoms with Gasteiger partial charge in [0.2, 0.25) is 0 Å². The Morgan fingerprint density at radius 3 is 2.56 bits per heavy atom. The lowest BCUT2D eigenvalue weighted by Gasteiger charge is -2.09. The molecule has 1 aromatic carbocycles. The number of hydrogen-bond acceptors (Lipinski definition) is 3. The third-order valence-electron chi connectivity index (χ3n) is 2.61. The van der Waals surface area contributed by atoms with Crippen molar-refractivity contribution in [2.45, 2.75) is 26.7 Å². The van der Waals surface area contributed by atoms with Crippen LogP contribution in [0.25, 0.3) is 0 Å². The lowest BCUT2D eigenvalue weighted by atomic mass is 9.99. The molecule has 1 aromatic rings. The minimum absolute atomic E-state index is 0.0498. The lowest BCUT2D eigenvalue weighted by Crippen LogP contribution is -2.12. The molecule has 0 aliphatic carbocycles. The molecular formula is C14H17BrO3. The lowest BCUT2D eigenvalue weighted by molar-refractivity contribution is -0.115. The molecule has 0 radical (unpaired) electrons. The van der Waals surface area contributed by atoms with Gasteiger partial charge in [0.1, 0.15) is 5.78 Å². The maximum atomic E-state index is 11.8. The molecular weight excluding hydrogens is 296 g/mol. The summed E-state index contributed by atoms with van der Waals surface area (Å²) in [5.41, 5.74) is 2.35. The summed E-state index contributed by atoms with van der Waals surface area (Å²) in [5.74, 6) is -0.314. The second-order valence-electron chi connectivity index (χ2n) is 3.91. The zero-order valence-corrected chi connectivity index (χ0v) is 12.2. The third kappa shape index (κ3) is 3.95. The van der Waals surface area contributed by atoms with Gasteiger partial charge in [0, 0.05) is 6.42 Å². The minimum Gasteiger partial charge on any atom is -0.462 e. The number of carbonyl (C=O) groups excluding carboxylic acids is 2. The Kier molecular flexibility index (Phi) is 6.05. The molecule has 98 valence electrons. The van der Waals surface area contributed by atoms with E-state index in [4.69, 9.17) is 4.74 Å². The molecule has 0 saturated heterocycles. The molecule has 0 spiro atoms. The van der Waals surface area contributed by atoms with E-state index >= 15 is 0 Å². The fraction of sp³-hybridized carbons (Fsp3) is 0.429. The second-order valence-corrected chi connectivity index (χ2v) is 4.48. The quantitative estimate of drug-likeness (QED) is 0.599. The molecule has 0 saturated carbocycles. The highest BCUT2D eigenvalue weighted by Gasteiger charge is 2.15. The largest absolute Gasteiger partial charge is 0.462 e. The van der Waals surface area contributed by atoms with E-state index in [1.165, 1.54) is 0 Å². The standard InChI is InChI=1S/C14H17BrO3/c1-3-10-5-6-13(14(17)18-4-2)11(7-10)8-12(16)9-15/h5-7H,3-4,8-9H2,1-2H3. The van der Waals surface area contributed by atoms with Crippen LogP contribution in [-0.2, 0) is 22.4 Å². The van der Waals surface area contributed by atoms with Crippen molar-refractivity contribution in [3.63, 3.8) is 0 Å². The topological polar surface area (TPSA) is 43.4 Å². The van der Waals surface area contributed by atoms with Crippen molar-refractivity contribution in [1.29, 1.82) is 0 Å². The van der Waals surface area contributed by atoms with Crippen LogP contribution >= 0.6 is 15.9 Å². The first kappa shape index (κ1) is 14.9. The molecule has 4 heteroatoms. The summed E-state index contributed by atoms with van der Waals surface area (Å²) in [5, 5.41) is 0.297. The van der Waals surface area contributed by atoms with Crippen LogP contribution in [-0.4, -0.2) is 23.7 Å². The number of esters is 1. The van der Waals surface area contributed by atoms with E-state index in [1.807, 2.05) is 19.1 Å². The van der Waals surface area contributed by atoms with Crippen LogP contribution in [0.1, 0.15) is 35.3 Å². The van der Waals surface area contributed by atoms with Crippen LogP contribution in [0.15, 0.2) is 18.2 Å². The van der Waals surface area contributed by atoms with Gasteiger partial charge < -0.3 is 4.74 Å². The van der Waals surface area contributed by atoms with Gasteiger partial charge in [0.25, 0.3) is 0 Å². The van der Waals surface area contributed by atoms with Crippen LogP contribution < -0.4 is 0 Å². The SMILES string of the molecule is CCOC(=O)c1ccc(CC)cc1CC(=O)CBr. The second kappa shape index (κ2) is 7.31. The first-order valence-corrected chi connectivity index (χ1v) is 7.11. The van der Waals surface area contributed by atoms with Crippen molar-refractivity contribution in [2.24, 2.45) is 0 Å². The molecule has 0 aliphatic rings. The number of Topliss-reactive ketones (excluding diaryl/α,β-unsaturated/α-hetero) is 1. The Labute approximate surface area is 116 Å². The number of hydrogen-bond donors (Lipinski definition) is 0. The molecule has 0 heterocycles. The van der Waals surface area contributed by atoms with Gasteiger partial charge in [-0.15, -0.1) is 0 Å². The number of ether oxygens (including phenoxy) is 1. The molecule has 0 N–H and O–H groups in total. The van der Waals surface area contributed by atoms with Gasteiger partial charge in [0.05, 0.1) is 17.5 Å². The smallest absolute Gasteiger partial charge is 0.338 e. The zero-order chi connectivity index (χ0) is 13.5. The van der Waals surface area contributed by atoms with Gasteiger partial charge in [-0.25, -0.2) is 4.79 Å². The first-order chi connectivity index (χ1) is 8.62. The average molecular weight is 313 g/mol. The monoisotopic (exact) mass is 312 g/mol. The summed E-state index contributed by atoms with van der Waals surface area (Å²) in [7, 11) is 0. The Hall–Kier alpha value is -1.16. The minimum atomic E-state index is -0.363. The summed E-state index contributed by atoms with van der Waals surface area (Å²) in [6.07, 6.45) is 1.13. The van der Waals surface area contributed by atoms with E-state index in [1.54, 1.807) is 13.0 Å². The van der Waals surface area contributed by atoms with Gasteiger partial charge in [-0.05, 0) is 30.5 Å². The van der Waals surface area contributed by atoms with Gasteiger partial charge in [-0.3, -0.25) is 4.79 Å². The van der Waals surface area contributed by atoms with Crippen LogP contribution in [0, 0.1) is 0 Å². The summed E-state index contributed by atoms with van der Waals surface area (Å²) in [6.45, 7) is 4.14. The van der Waals surface area contributed by atoms with Gasteiger partial charge in [-0.2, -0.15) is 0 Å². The summed E-state index contributed by atoms with van der Waals surface area (Å²) < 4.78 is 5.00. The van der Waals surface area contributed by atoms with Crippen molar-refractivity contribution < 1.29 is 14.3 Å². The molecule has 18 heavy (non-hydrogen) atoms. The van der Waals surface area contributed by atoms with Crippen molar-refractivity contribution >= 4 is 27.7 Å². The van der Waals surface area contributed by atoms with Crippen LogP contribution in [0.3, 0.4) is 0 Å². The number of ketones is 1. The molecule has 0 aliphatic heterocycles. The van der Waals surface area contributed by atoms with Gasteiger partial charge in [0.15, 0.2) is 0 Å². The maximum Gasteiger partial charge on any atom is 0.338 e. The molecule has 1 rings (SSSR count). The molecule has 3 nitrogen and oxygen atoms in total. The van der Waals surface area contributed by atoms with Crippen LogP contribution in [0.5, 0.6) is 0 Å². The van der Waals surface area contributed by atoms with Crippen molar-refractivity contribution in [3.05, 3.63) is 34.9 Å². The van der Waals surface area contributed by atoms with Crippen molar-refractivity contribution in [3.8, 4) is 0 Å². The Morgan fingerprint density at radius 1 is 1.28 bits per heavy atom. The molecule has 0 bridgehead atoms. The van der Waals surface area contributed by atoms with E-state index in [0.717, 1.165) is 17.5 Å². The summed E-state index contributed by atoms with van der Waals surface area (Å²) >= 11 is 3.13. The van der Waals surface area contributed by atoms with E-state index in [9.17, 15) is 9.59 Å². The highest BCUT2D eigenvalue weighted by molar-refractivity contribution is 9.09. The van der Waals surface area contributed by atoms with E-state index in [2.05, 4.69) is 15.9 Å². The fourth-order valence-electron chi connectivity index (χ4n) is 1.68. The number of carbonyl (C=O) groups is 2. The van der Waals surface area contributed by atoms with E-state index in [-0.39, 0.29) is 18.2 Å². The predicted molar refractivity (Wildman–Crippen MR) is 74.3 cm³/mol. The van der Waals surface area contributed by atoms with Crippen molar-refractivity contribution in [2.75, 3.05) is 11.9 Å². The highest BCUT2D eigenvalue weighted by Crippen LogP contribution is 2.15. The molecule has 0 aromatic heterocycles. The molecule has 0 unspecified atom stereocenters. The first-order valence-electron chi connectivity index (χ1n) is 5.98. The molecule has 0 amide bonds. The third-order valence-corrected chi connectivity index (χ3v) is 3.24. The Bertz CT molecular complexity index is 441. The summed E-state index contributed by atoms with van der Waals surface area (Å²) in [6, 6.07) is 5.55.